The van der Waals surface area contributed by atoms with Gasteiger partial charge in [-0.05, 0) is 13.0 Å². The molecule has 0 aliphatic heterocycles. The third-order valence-electron chi connectivity index (χ3n) is 1.30. The molecule has 0 saturated carbocycles. The van der Waals surface area contributed by atoms with Crippen molar-refractivity contribution in [1.82, 2.24) is 0 Å². The van der Waals surface area contributed by atoms with E-state index in [-0.39, 0.29) is 4.90 Å². The van der Waals surface area contributed by atoms with E-state index in [9.17, 15) is 4.39 Å². The van der Waals surface area contributed by atoms with Gasteiger partial charge in [0.1, 0.15) is 11.6 Å². The van der Waals surface area contributed by atoms with Gasteiger partial charge in [-0.1, -0.05) is 11.6 Å². The number of benzene rings is 1. The fraction of sp³-hybridized carbons (Fsp3) is 0.250. The molecule has 0 saturated heterocycles. The summed E-state index contributed by atoms with van der Waals surface area (Å²) >= 11 is 9.61. The van der Waals surface area contributed by atoms with Crippen molar-refractivity contribution in [2.24, 2.45) is 0 Å². The fourth-order valence-corrected chi connectivity index (χ4v) is 1.27. The molecule has 1 aromatic carbocycles. The molecule has 0 unspecified atom stereocenters. The number of rotatable bonds is 2. The number of halogens is 2. The molecule has 0 amide bonds. The van der Waals surface area contributed by atoms with Gasteiger partial charge in [-0.2, -0.15) is 0 Å². The second-order valence-electron chi connectivity index (χ2n) is 2.17. The van der Waals surface area contributed by atoms with Crippen LogP contribution in [0.25, 0.3) is 0 Å². The third kappa shape index (κ3) is 2.05. The lowest BCUT2D eigenvalue weighted by atomic mass is 10.3. The minimum Gasteiger partial charge on any atom is -0.492 e. The molecular formula is C8H8ClFOS. The number of thiol groups is 1. The molecule has 0 atom stereocenters. The van der Waals surface area contributed by atoms with Crippen LogP contribution in [0.2, 0.25) is 5.02 Å². The van der Waals surface area contributed by atoms with E-state index >= 15 is 0 Å². The van der Waals surface area contributed by atoms with Crippen LogP contribution in [0.3, 0.4) is 0 Å². The maximum Gasteiger partial charge on any atom is 0.140 e. The first kappa shape index (κ1) is 9.68. The summed E-state index contributed by atoms with van der Waals surface area (Å²) < 4.78 is 17.9. The van der Waals surface area contributed by atoms with Gasteiger partial charge in [0.2, 0.25) is 0 Å². The van der Waals surface area contributed by atoms with Crippen LogP contribution >= 0.6 is 24.2 Å². The molecule has 0 bridgehead atoms. The van der Waals surface area contributed by atoms with Gasteiger partial charge in [0.15, 0.2) is 0 Å². The zero-order valence-electron chi connectivity index (χ0n) is 6.47. The normalized spacial score (nSPS) is 10.0. The molecule has 0 fully saturated rings. The minimum absolute atomic E-state index is 0.225. The highest BCUT2D eigenvalue weighted by Crippen LogP contribution is 2.29. The van der Waals surface area contributed by atoms with Crippen molar-refractivity contribution in [3.8, 4) is 5.75 Å². The monoisotopic (exact) mass is 206 g/mol. The Kier molecular flexibility index (Phi) is 3.23. The van der Waals surface area contributed by atoms with Crippen molar-refractivity contribution in [2.75, 3.05) is 6.61 Å². The van der Waals surface area contributed by atoms with Crippen molar-refractivity contribution in [3.05, 3.63) is 23.0 Å². The summed E-state index contributed by atoms with van der Waals surface area (Å²) in [5.41, 5.74) is 0. The van der Waals surface area contributed by atoms with E-state index in [1.165, 1.54) is 12.1 Å². The Morgan fingerprint density at radius 1 is 1.58 bits per heavy atom. The Hall–Kier alpha value is -0.410. The number of ether oxygens (including phenoxy) is 1. The van der Waals surface area contributed by atoms with E-state index in [1.54, 1.807) is 0 Å². The van der Waals surface area contributed by atoms with Gasteiger partial charge in [0.05, 0.1) is 11.6 Å². The van der Waals surface area contributed by atoms with Crippen molar-refractivity contribution in [2.45, 2.75) is 11.8 Å². The molecule has 1 aromatic rings. The van der Waals surface area contributed by atoms with Crippen molar-refractivity contribution in [1.29, 1.82) is 0 Å². The lowest BCUT2D eigenvalue weighted by molar-refractivity contribution is 0.338. The Morgan fingerprint density at radius 3 is 2.83 bits per heavy atom. The van der Waals surface area contributed by atoms with E-state index in [2.05, 4.69) is 12.6 Å². The Bertz CT molecular complexity index is 291. The maximum absolute atomic E-state index is 12.9. The molecule has 66 valence electrons. The average Bonchev–Trinajstić information content (AvgIpc) is 2.01. The average molecular weight is 207 g/mol. The number of hydrogen-bond donors (Lipinski definition) is 1. The van der Waals surface area contributed by atoms with E-state index in [4.69, 9.17) is 16.3 Å². The molecule has 4 heteroatoms. The van der Waals surface area contributed by atoms with Crippen LogP contribution < -0.4 is 4.74 Å². The smallest absolute Gasteiger partial charge is 0.140 e. The van der Waals surface area contributed by atoms with Crippen LogP contribution in [-0.2, 0) is 0 Å². The van der Waals surface area contributed by atoms with Gasteiger partial charge in [-0.25, -0.2) is 4.39 Å². The molecule has 0 aliphatic carbocycles. The first-order chi connectivity index (χ1) is 5.65. The van der Waals surface area contributed by atoms with Gasteiger partial charge in [-0.15, -0.1) is 12.6 Å². The van der Waals surface area contributed by atoms with Crippen LogP contribution in [-0.4, -0.2) is 6.61 Å². The Morgan fingerprint density at radius 2 is 2.25 bits per heavy atom. The summed E-state index contributed by atoms with van der Waals surface area (Å²) in [7, 11) is 0. The molecule has 0 heterocycles. The molecule has 0 radical (unpaired) electrons. The highest BCUT2D eigenvalue weighted by Gasteiger charge is 2.06. The number of hydrogen-bond acceptors (Lipinski definition) is 2. The van der Waals surface area contributed by atoms with Crippen molar-refractivity contribution in [3.63, 3.8) is 0 Å². The first-order valence-electron chi connectivity index (χ1n) is 3.46. The summed E-state index contributed by atoms with van der Waals surface area (Å²) in [5.74, 6) is -0.0688. The van der Waals surface area contributed by atoms with E-state index in [0.29, 0.717) is 17.4 Å². The molecular weight excluding hydrogens is 199 g/mol. The molecule has 12 heavy (non-hydrogen) atoms. The largest absolute Gasteiger partial charge is 0.492 e. The van der Waals surface area contributed by atoms with Crippen LogP contribution in [0.4, 0.5) is 4.39 Å². The standard InChI is InChI=1S/C8H8ClFOS/c1-2-11-7-4-6(10)8(12)3-5(7)9/h3-4,12H,2H2,1H3. The van der Waals surface area contributed by atoms with Gasteiger partial charge >= 0.3 is 0 Å². The quantitative estimate of drug-likeness (QED) is 0.732. The highest BCUT2D eigenvalue weighted by molar-refractivity contribution is 7.80. The third-order valence-corrected chi connectivity index (χ3v) is 1.94. The Balaban J connectivity index is 3.05. The van der Waals surface area contributed by atoms with Crippen LogP contribution in [0.5, 0.6) is 5.75 Å². The maximum atomic E-state index is 12.9. The molecule has 0 aliphatic rings. The van der Waals surface area contributed by atoms with Crippen molar-refractivity contribution < 1.29 is 9.13 Å². The van der Waals surface area contributed by atoms with Gasteiger partial charge in [-0.3, -0.25) is 0 Å². The van der Waals surface area contributed by atoms with Crippen LogP contribution in [0.15, 0.2) is 17.0 Å². The van der Waals surface area contributed by atoms with E-state index in [1.807, 2.05) is 6.92 Å². The predicted octanol–water partition coefficient (Wildman–Crippen LogP) is 3.17. The fourth-order valence-electron chi connectivity index (χ4n) is 0.784. The second-order valence-corrected chi connectivity index (χ2v) is 3.06. The first-order valence-corrected chi connectivity index (χ1v) is 4.28. The van der Waals surface area contributed by atoms with Gasteiger partial charge < -0.3 is 4.74 Å². The van der Waals surface area contributed by atoms with Gasteiger partial charge in [0, 0.05) is 11.0 Å². The second kappa shape index (κ2) is 4.01. The molecule has 0 aromatic heterocycles. The van der Waals surface area contributed by atoms with Crippen LogP contribution in [0.1, 0.15) is 6.92 Å². The predicted molar refractivity (Wildman–Crippen MR) is 49.8 cm³/mol. The zero-order valence-corrected chi connectivity index (χ0v) is 8.12. The van der Waals surface area contributed by atoms with Crippen molar-refractivity contribution >= 4 is 24.2 Å². The summed E-state index contributed by atoms with van der Waals surface area (Å²) in [6.07, 6.45) is 0. The molecule has 0 spiro atoms. The summed E-state index contributed by atoms with van der Waals surface area (Å²) in [6, 6.07) is 2.65. The topological polar surface area (TPSA) is 9.23 Å². The molecule has 1 nitrogen and oxygen atoms in total. The summed E-state index contributed by atoms with van der Waals surface area (Å²) in [6.45, 7) is 2.27. The lowest BCUT2D eigenvalue weighted by Gasteiger charge is -2.05. The highest BCUT2D eigenvalue weighted by atomic mass is 35.5. The SMILES string of the molecule is CCOc1cc(F)c(S)cc1Cl. The van der Waals surface area contributed by atoms with Gasteiger partial charge in [0.25, 0.3) is 0 Å². The summed E-state index contributed by atoms with van der Waals surface area (Å²) in [4.78, 5) is 0.225. The van der Waals surface area contributed by atoms with E-state index in [0.717, 1.165) is 0 Å². The molecule has 0 N–H and O–H groups in total. The van der Waals surface area contributed by atoms with Crippen LogP contribution in [0, 0.1) is 5.82 Å². The molecule has 1 rings (SSSR count). The van der Waals surface area contributed by atoms with E-state index < -0.39 is 5.82 Å². The Labute approximate surface area is 80.9 Å². The summed E-state index contributed by atoms with van der Waals surface area (Å²) in [5, 5.41) is 0.378. The zero-order chi connectivity index (χ0) is 9.14. The minimum atomic E-state index is -0.425. The lowest BCUT2D eigenvalue weighted by Crippen LogP contribution is -1.93.